The van der Waals surface area contributed by atoms with E-state index in [9.17, 15) is 13.2 Å². The van der Waals surface area contributed by atoms with Gasteiger partial charge in [-0.25, -0.2) is 8.42 Å². The molecule has 0 unspecified atom stereocenters. The first-order valence-corrected chi connectivity index (χ1v) is 8.48. The van der Waals surface area contributed by atoms with Crippen molar-refractivity contribution in [3.05, 3.63) is 23.8 Å². The molecular weight excluding hydrogens is 302 g/mol. The van der Waals surface area contributed by atoms with Crippen molar-refractivity contribution in [3.63, 3.8) is 0 Å². The van der Waals surface area contributed by atoms with E-state index in [4.69, 9.17) is 15.4 Å². The molecule has 112 valence electrons. The summed E-state index contributed by atoms with van der Waals surface area (Å²) >= 11 is 0. The van der Waals surface area contributed by atoms with Crippen LogP contribution in [-0.4, -0.2) is 27.0 Å². The van der Waals surface area contributed by atoms with Gasteiger partial charge in [0.1, 0.15) is 5.75 Å². The van der Waals surface area contributed by atoms with Crippen molar-refractivity contribution < 1.29 is 17.9 Å². The molecule has 1 aromatic rings. The number of rotatable bonds is 6. The lowest BCUT2D eigenvalue weighted by Gasteiger charge is -2.11. The zero-order valence-corrected chi connectivity index (χ0v) is 13.2. The highest BCUT2D eigenvalue weighted by molar-refractivity contribution is 8.13. The van der Waals surface area contributed by atoms with Gasteiger partial charge < -0.3 is 10.1 Å². The number of nitrogens with one attached hydrogen (secondary N) is 1. The lowest BCUT2D eigenvalue weighted by molar-refractivity contribution is -0.122. The quantitative estimate of drug-likeness (QED) is 0.816. The Morgan fingerprint density at radius 2 is 2.05 bits per heavy atom. The Kier molecular flexibility index (Phi) is 5.83. The maximum atomic E-state index is 11.4. The lowest BCUT2D eigenvalue weighted by atomic mass is 10.2. The normalized spacial score (nSPS) is 11.4. The van der Waals surface area contributed by atoms with E-state index in [-0.39, 0.29) is 29.9 Å². The number of halogens is 1. The predicted octanol–water partition coefficient (Wildman–Crippen LogP) is 2.22. The molecule has 0 saturated carbocycles. The predicted molar refractivity (Wildman–Crippen MR) is 77.6 cm³/mol. The van der Waals surface area contributed by atoms with Crippen LogP contribution in [0.3, 0.4) is 0 Å². The van der Waals surface area contributed by atoms with E-state index < -0.39 is 9.05 Å². The van der Waals surface area contributed by atoms with Gasteiger partial charge in [0.15, 0.2) is 0 Å². The molecule has 1 N–H and O–H groups in total. The summed E-state index contributed by atoms with van der Waals surface area (Å²) in [5.41, 5.74) is 0.649. The first-order chi connectivity index (χ1) is 9.20. The molecular formula is C13H18ClNO4S. The van der Waals surface area contributed by atoms with Crippen molar-refractivity contribution in [3.8, 4) is 5.75 Å². The van der Waals surface area contributed by atoms with Crippen LogP contribution in [0.25, 0.3) is 0 Å². The van der Waals surface area contributed by atoms with Gasteiger partial charge in [-0.15, -0.1) is 0 Å². The Bertz CT molecular complexity index is 584. The average molecular weight is 320 g/mol. The highest BCUT2D eigenvalue weighted by Crippen LogP contribution is 2.23. The molecule has 0 atom stereocenters. The van der Waals surface area contributed by atoms with Crippen LogP contribution >= 0.6 is 10.7 Å². The molecule has 0 heterocycles. The summed E-state index contributed by atoms with van der Waals surface area (Å²) < 4.78 is 27.8. The largest absolute Gasteiger partial charge is 0.493 e. The minimum Gasteiger partial charge on any atom is -0.493 e. The summed E-state index contributed by atoms with van der Waals surface area (Å²) in [4.78, 5) is 11.5. The highest BCUT2D eigenvalue weighted by Gasteiger charge is 2.12. The van der Waals surface area contributed by atoms with Gasteiger partial charge in [-0.3, -0.25) is 4.79 Å². The van der Waals surface area contributed by atoms with E-state index in [2.05, 4.69) is 5.32 Å². The molecule has 0 fully saturated rings. The number of carbonyl (C=O) groups is 1. The van der Waals surface area contributed by atoms with Crippen molar-refractivity contribution in [2.24, 2.45) is 0 Å². The fraction of sp³-hybridized carbons (Fsp3) is 0.462. The lowest BCUT2D eigenvalue weighted by Crippen LogP contribution is -2.31. The number of hydrogen-bond donors (Lipinski definition) is 1. The number of carbonyl (C=O) groups excluding carboxylic acids is 1. The summed E-state index contributed by atoms with van der Waals surface area (Å²) in [7, 11) is 1.52. The van der Waals surface area contributed by atoms with Crippen LogP contribution in [0.1, 0.15) is 25.8 Å². The van der Waals surface area contributed by atoms with Crippen LogP contribution < -0.4 is 10.1 Å². The Labute approximate surface area is 123 Å². The first kappa shape index (κ1) is 16.8. The fourth-order valence-corrected chi connectivity index (χ4v) is 2.42. The molecule has 0 spiro atoms. The molecule has 5 nitrogen and oxygen atoms in total. The van der Waals surface area contributed by atoms with E-state index in [1.807, 2.05) is 13.8 Å². The number of hydrogen-bond acceptors (Lipinski definition) is 4. The van der Waals surface area contributed by atoms with Gasteiger partial charge in [0.2, 0.25) is 5.91 Å². The molecule has 7 heteroatoms. The van der Waals surface area contributed by atoms with Crippen LogP contribution in [0.5, 0.6) is 5.75 Å². The maximum absolute atomic E-state index is 11.4. The summed E-state index contributed by atoms with van der Waals surface area (Å²) in [5, 5.41) is 2.76. The number of ether oxygens (including phenoxy) is 1. The second kappa shape index (κ2) is 6.95. The SMILES string of the molecule is Cc1cc(S(=O)(=O)Cl)ccc1OCCC(=O)NC(C)C. The minimum absolute atomic E-state index is 0.0292. The van der Waals surface area contributed by atoms with Crippen LogP contribution in [0.15, 0.2) is 23.1 Å². The van der Waals surface area contributed by atoms with Gasteiger partial charge in [-0.2, -0.15) is 0 Å². The fourth-order valence-electron chi connectivity index (χ4n) is 1.58. The third-order valence-electron chi connectivity index (χ3n) is 2.46. The molecule has 0 aliphatic carbocycles. The number of aryl methyl sites for hydroxylation is 1. The van der Waals surface area contributed by atoms with Crippen LogP contribution in [0.2, 0.25) is 0 Å². The third kappa shape index (κ3) is 5.38. The van der Waals surface area contributed by atoms with Gasteiger partial charge in [0, 0.05) is 16.7 Å². The minimum atomic E-state index is -3.74. The van der Waals surface area contributed by atoms with E-state index >= 15 is 0 Å². The van der Waals surface area contributed by atoms with Gasteiger partial charge in [-0.1, -0.05) is 0 Å². The van der Waals surface area contributed by atoms with E-state index in [0.717, 1.165) is 0 Å². The summed E-state index contributed by atoms with van der Waals surface area (Å²) in [6.07, 6.45) is 0.243. The molecule has 0 aromatic heterocycles. The average Bonchev–Trinajstić information content (AvgIpc) is 2.28. The Morgan fingerprint density at radius 1 is 1.40 bits per heavy atom. The Balaban J connectivity index is 2.60. The van der Waals surface area contributed by atoms with Crippen molar-refractivity contribution in [1.29, 1.82) is 0 Å². The van der Waals surface area contributed by atoms with E-state index in [1.54, 1.807) is 6.92 Å². The Morgan fingerprint density at radius 3 is 2.55 bits per heavy atom. The zero-order valence-electron chi connectivity index (χ0n) is 11.6. The summed E-state index contributed by atoms with van der Waals surface area (Å²) in [6, 6.07) is 4.44. The second-order valence-electron chi connectivity index (χ2n) is 4.69. The van der Waals surface area contributed by atoms with Gasteiger partial charge >= 0.3 is 0 Å². The molecule has 1 rings (SSSR count). The maximum Gasteiger partial charge on any atom is 0.261 e. The van der Waals surface area contributed by atoms with Crippen LogP contribution in [0.4, 0.5) is 0 Å². The molecule has 20 heavy (non-hydrogen) atoms. The molecule has 0 radical (unpaired) electrons. The summed E-state index contributed by atoms with van der Waals surface area (Å²) in [5.74, 6) is 0.448. The molecule has 1 amide bonds. The van der Waals surface area contributed by atoms with Crippen LogP contribution in [-0.2, 0) is 13.8 Å². The summed E-state index contributed by atoms with van der Waals surface area (Å²) in [6.45, 7) is 5.71. The number of benzene rings is 1. The van der Waals surface area contributed by atoms with Crippen molar-refractivity contribution in [2.75, 3.05) is 6.61 Å². The first-order valence-electron chi connectivity index (χ1n) is 6.17. The zero-order chi connectivity index (χ0) is 15.3. The van der Waals surface area contributed by atoms with Crippen molar-refractivity contribution in [2.45, 2.75) is 38.1 Å². The van der Waals surface area contributed by atoms with Gasteiger partial charge in [0.25, 0.3) is 9.05 Å². The van der Waals surface area contributed by atoms with E-state index in [1.165, 1.54) is 18.2 Å². The highest BCUT2D eigenvalue weighted by atomic mass is 35.7. The van der Waals surface area contributed by atoms with Crippen LogP contribution in [0, 0.1) is 6.92 Å². The monoisotopic (exact) mass is 319 g/mol. The van der Waals surface area contributed by atoms with Gasteiger partial charge in [0.05, 0.1) is 17.9 Å². The van der Waals surface area contributed by atoms with E-state index in [0.29, 0.717) is 11.3 Å². The van der Waals surface area contributed by atoms with Crippen molar-refractivity contribution >= 4 is 25.6 Å². The molecule has 1 aromatic carbocycles. The molecule has 0 aliphatic heterocycles. The molecule has 0 saturated heterocycles. The van der Waals surface area contributed by atoms with Gasteiger partial charge in [-0.05, 0) is 44.5 Å². The second-order valence-corrected chi connectivity index (χ2v) is 7.25. The Hall–Kier alpha value is -1.27. The smallest absolute Gasteiger partial charge is 0.261 e. The topological polar surface area (TPSA) is 72.5 Å². The standard InChI is InChI=1S/C13H18ClNO4S/c1-9(2)15-13(16)6-7-19-12-5-4-11(8-10(12)3)20(14,17)18/h4-5,8-9H,6-7H2,1-3H3,(H,15,16). The molecule has 0 aliphatic rings. The van der Waals surface area contributed by atoms with Crippen molar-refractivity contribution in [1.82, 2.24) is 5.32 Å². The number of amides is 1. The third-order valence-corrected chi connectivity index (χ3v) is 3.82. The molecule has 0 bridgehead atoms.